The van der Waals surface area contributed by atoms with E-state index in [1.807, 2.05) is 0 Å². The smallest absolute Gasteiger partial charge is 0.412 e. The molecule has 4 rings (SSSR count). The Kier molecular flexibility index (Phi) is 6.56. The number of anilines is 2. The van der Waals surface area contributed by atoms with Gasteiger partial charge in [-0.05, 0) is 57.5 Å². The summed E-state index contributed by atoms with van der Waals surface area (Å²) in [5, 5.41) is 4.93. The highest BCUT2D eigenvalue weighted by Crippen LogP contribution is 2.28. The lowest BCUT2D eigenvalue weighted by Gasteiger charge is -2.35. The first-order chi connectivity index (χ1) is 16.5. The molecule has 0 radical (unpaired) electrons. The Labute approximate surface area is 203 Å². The number of nitrogens with zero attached hydrogens (tertiary/aromatic N) is 2. The summed E-state index contributed by atoms with van der Waals surface area (Å²) < 4.78 is 37.5. The van der Waals surface area contributed by atoms with Gasteiger partial charge in [0.15, 0.2) is 5.37 Å². The quantitative estimate of drug-likeness (QED) is 0.555. The first-order valence-electron chi connectivity index (χ1n) is 11.2. The van der Waals surface area contributed by atoms with Gasteiger partial charge in [-0.25, -0.2) is 18.0 Å². The molecule has 1 saturated heterocycles. The summed E-state index contributed by atoms with van der Waals surface area (Å²) in [6.45, 7) is 7.86. The molecule has 1 aliphatic rings. The van der Waals surface area contributed by atoms with Gasteiger partial charge in [0.25, 0.3) is 0 Å². The van der Waals surface area contributed by atoms with Crippen LogP contribution in [0.1, 0.15) is 26.3 Å². The second-order valence-electron chi connectivity index (χ2n) is 9.25. The van der Waals surface area contributed by atoms with Crippen molar-refractivity contribution in [2.24, 2.45) is 0 Å². The highest BCUT2D eigenvalue weighted by Gasteiger charge is 2.37. The molecule has 11 heteroatoms. The number of carbonyl (C=O) groups excluding carboxylic acids is 1. The minimum absolute atomic E-state index is 0.0687. The summed E-state index contributed by atoms with van der Waals surface area (Å²) in [6.07, 6.45) is -0.649. The molecule has 1 unspecified atom stereocenters. The van der Waals surface area contributed by atoms with Gasteiger partial charge < -0.3 is 19.4 Å². The van der Waals surface area contributed by atoms with Gasteiger partial charge in [0.2, 0.25) is 9.84 Å². The Morgan fingerprint density at radius 3 is 2.60 bits per heavy atom. The standard InChI is InChI=1S/C24H28N4O6S/c1-15-17(27-23(30)34-24(2,3)4)10-11-18-20(15)21(29)33-22(26-18)28-13-12-25-14-19(28)35(31,32)16-8-6-5-7-9-16/h5-11,19,25H,12-14H2,1-4H3,(H,27,30). The van der Waals surface area contributed by atoms with Crippen molar-refractivity contribution in [3.63, 3.8) is 0 Å². The van der Waals surface area contributed by atoms with Crippen LogP contribution in [0.3, 0.4) is 0 Å². The number of rotatable bonds is 4. The second-order valence-corrected chi connectivity index (χ2v) is 11.4. The average Bonchev–Trinajstić information content (AvgIpc) is 2.80. The molecule has 0 aliphatic carbocycles. The number of hydrogen-bond donors (Lipinski definition) is 2. The summed E-state index contributed by atoms with van der Waals surface area (Å²) in [5.74, 6) is 0. The number of piperazine rings is 1. The summed E-state index contributed by atoms with van der Waals surface area (Å²) in [7, 11) is -3.77. The zero-order valence-corrected chi connectivity index (χ0v) is 20.8. The van der Waals surface area contributed by atoms with Crippen LogP contribution in [0.2, 0.25) is 0 Å². The zero-order valence-electron chi connectivity index (χ0n) is 20.0. The van der Waals surface area contributed by atoms with Crippen molar-refractivity contribution in [3.05, 3.63) is 58.4 Å². The molecule has 0 spiro atoms. The molecule has 1 atom stereocenters. The van der Waals surface area contributed by atoms with Gasteiger partial charge in [-0.2, -0.15) is 4.98 Å². The number of aromatic nitrogens is 1. The number of carbonyl (C=O) groups is 1. The van der Waals surface area contributed by atoms with Gasteiger partial charge in [-0.1, -0.05) is 18.2 Å². The largest absolute Gasteiger partial charge is 0.444 e. The first-order valence-corrected chi connectivity index (χ1v) is 12.7. The van der Waals surface area contributed by atoms with Crippen molar-refractivity contribution in [1.29, 1.82) is 0 Å². The van der Waals surface area contributed by atoms with Gasteiger partial charge >= 0.3 is 17.7 Å². The average molecular weight is 501 g/mol. The molecule has 1 amide bonds. The lowest BCUT2D eigenvalue weighted by Crippen LogP contribution is -2.55. The molecular weight excluding hydrogens is 472 g/mol. The molecule has 1 aliphatic heterocycles. The van der Waals surface area contributed by atoms with E-state index in [2.05, 4.69) is 15.6 Å². The molecule has 2 aromatic carbocycles. The van der Waals surface area contributed by atoms with Crippen molar-refractivity contribution < 1.29 is 22.4 Å². The number of nitrogens with one attached hydrogen (secondary N) is 2. The fourth-order valence-corrected chi connectivity index (χ4v) is 5.64. The molecular formula is C24H28N4O6S. The van der Waals surface area contributed by atoms with E-state index in [4.69, 9.17) is 9.15 Å². The lowest BCUT2D eigenvalue weighted by molar-refractivity contribution is 0.0636. The normalized spacial score (nSPS) is 16.8. The topological polar surface area (TPSA) is 131 Å². The van der Waals surface area contributed by atoms with E-state index in [1.165, 1.54) is 17.0 Å². The van der Waals surface area contributed by atoms with Gasteiger partial charge in [0, 0.05) is 25.3 Å². The molecule has 35 heavy (non-hydrogen) atoms. The Bertz CT molecular complexity index is 1410. The molecule has 3 aromatic rings. The summed E-state index contributed by atoms with van der Waals surface area (Å²) in [4.78, 5) is 31.4. The highest BCUT2D eigenvalue weighted by molar-refractivity contribution is 7.92. The van der Waals surface area contributed by atoms with Crippen LogP contribution in [0.25, 0.3) is 10.9 Å². The van der Waals surface area contributed by atoms with Gasteiger partial charge in [0.05, 0.1) is 15.8 Å². The molecule has 10 nitrogen and oxygen atoms in total. The van der Waals surface area contributed by atoms with Crippen LogP contribution in [-0.2, 0) is 14.6 Å². The first kappa shape index (κ1) is 24.7. The van der Waals surface area contributed by atoms with E-state index in [9.17, 15) is 18.0 Å². The number of ether oxygens (including phenoxy) is 1. The Hall–Kier alpha value is -3.44. The van der Waals surface area contributed by atoms with Crippen LogP contribution in [-0.4, -0.2) is 50.1 Å². The van der Waals surface area contributed by atoms with E-state index in [0.717, 1.165) is 0 Å². The second kappa shape index (κ2) is 9.31. The van der Waals surface area contributed by atoms with Crippen molar-refractivity contribution >= 4 is 38.5 Å². The number of hydrogen-bond acceptors (Lipinski definition) is 9. The Morgan fingerprint density at radius 1 is 1.20 bits per heavy atom. The third kappa shape index (κ3) is 5.15. The molecule has 186 valence electrons. The number of amides is 1. The van der Waals surface area contributed by atoms with Gasteiger partial charge in [0.1, 0.15) is 5.60 Å². The highest BCUT2D eigenvalue weighted by atomic mass is 32.2. The third-order valence-corrected chi connectivity index (χ3v) is 7.62. The van der Waals surface area contributed by atoms with Gasteiger partial charge in [-0.15, -0.1) is 0 Å². The summed E-state index contributed by atoms with van der Waals surface area (Å²) >= 11 is 0. The number of sulfone groups is 1. The molecule has 2 heterocycles. The third-order valence-electron chi connectivity index (χ3n) is 5.55. The monoisotopic (exact) mass is 500 g/mol. The molecule has 2 N–H and O–H groups in total. The van der Waals surface area contributed by atoms with Crippen molar-refractivity contribution in [1.82, 2.24) is 10.3 Å². The Balaban J connectivity index is 1.71. The van der Waals surface area contributed by atoms with Crippen LogP contribution in [0.15, 0.2) is 56.6 Å². The minimum atomic E-state index is -3.77. The van der Waals surface area contributed by atoms with Crippen molar-refractivity contribution in [2.45, 2.75) is 43.6 Å². The maximum Gasteiger partial charge on any atom is 0.412 e. The lowest BCUT2D eigenvalue weighted by atomic mass is 10.1. The molecule has 1 fully saturated rings. The van der Waals surface area contributed by atoms with Crippen LogP contribution < -0.4 is 21.2 Å². The maximum atomic E-state index is 13.3. The predicted molar refractivity (Wildman–Crippen MR) is 133 cm³/mol. The summed E-state index contributed by atoms with van der Waals surface area (Å²) in [5.41, 5.74) is -0.164. The van der Waals surface area contributed by atoms with Crippen LogP contribution in [0, 0.1) is 6.92 Å². The molecule has 1 aromatic heterocycles. The van der Waals surface area contributed by atoms with E-state index < -0.39 is 32.5 Å². The van der Waals surface area contributed by atoms with Crippen molar-refractivity contribution in [2.75, 3.05) is 29.9 Å². The minimum Gasteiger partial charge on any atom is -0.444 e. The SMILES string of the molecule is Cc1c(NC(=O)OC(C)(C)C)ccc2nc(N3CCNCC3S(=O)(=O)c3ccccc3)oc(=O)c12. The van der Waals surface area contributed by atoms with Crippen LogP contribution in [0.5, 0.6) is 0 Å². The van der Waals surface area contributed by atoms with Gasteiger partial charge in [-0.3, -0.25) is 5.32 Å². The van der Waals surface area contributed by atoms with E-state index in [-0.39, 0.29) is 29.4 Å². The molecule has 0 saturated carbocycles. The number of fused-ring (bicyclic) bond motifs is 1. The zero-order chi connectivity index (χ0) is 25.4. The molecule has 0 bridgehead atoms. The van der Waals surface area contributed by atoms with Crippen LogP contribution in [0.4, 0.5) is 16.5 Å². The van der Waals surface area contributed by atoms with E-state index in [1.54, 1.807) is 58.0 Å². The fourth-order valence-electron chi connectivity index (χ4n) is 3.92. The maximum absolute atomic E-state index is 13.3. The number of aryl methyl sites for hydroxylation is 1. The van der Waals surface area contributed by atoms with Crippen LogP contribution >= 0.6 is 0 Å². The van der Waals surface area contributed by atoms with E-state index in [0.29, 0.717) is 23.3 Å². The fraction of sp³-hybridized carbons (Fsp3) is 0.375. The van der Waals surface area contributed by atoms with E-state index >= 15 is 0 Å². The number of benzene rings is 2. The van der Waals surface area contributed by atoms with Crippen molar-refractivity contribution in [3.8, 4) is 0 Å². The summed E-state index contributed by atoms with van der Waals surface area (Å²) in [6, 6.07) is 11.3. The predicted octanol–water partition coefficient (Wildman–Crippen LogP) is 3.05. The Morgan fingerprint density at radius 2 is 1.91 bits per heavy atom.